The Kier molecular flexibility index (Phi) is 3.59. The molecule has 1 aliphatic rings. The number of amides is 2. The van der Waals surface area contributed by atoms with E-state index in [1.165, 1.54) is 7.11 Å². The number of carbonyl (C=O) groups is 2. The molecular formula is C15H9Br2NO3. The van der Waals surface area contributed by atoms with Crippen LogP contribution in [0.15, 0.2) is 45.3 Å². The summed E-state index contributed by atoms with van der Waals surface area (Å²) in [6.07, 6.45) is 0. The molecule has 6 heteroatoms. The van der Waals surface area contributed by atoms with Crippen LogP contribution in [0.25, 0.3) is 0 Å². The highest BCUT2D eigenvalue weighted by Crippen LogP contribution is 2.37. The zero-order valence-electron chi connectivity index (χ0n) is 10.9. The minimum atomic E-state index is -0.354. The number of benzene rings is 2. The molecule has 0 spiro atoms. The second kappa shape index (κ2) is 5.27. The van der Waals surface area contributed by atoms with Crippen molar-refractivity contribution in [3.05, 3.63) is 56.5 Å². The van der Waals surface area contributed by atoms with Gasteiger partial charge < -0.3 is 4.74 Å². The number of rotatable bonds is 2. The molecule has 0 saturated carbocycles. The summed E-state index contributed by atoms with van der Waals surface area (Å²) in [6, 6.07) is 10.2. The van der Waals surface area contributed by atoms with Gasteiger partial charge in [0.15, 0.2) is 0 Å². The lowest BCUT2D eigenvalue weighted by molar-refractivity contribution is 0.0925. The maximum Gasteiger partial charge on any atom is 0.266 e. The van der Waals surface area contributed by atoms with E-state index < -0.39 is 0 Å². The molecule has 0 aromatic heterocycles. The highest BCUT2D eigenvalue weighted by atomic mass is 79.9. The summed E-state index contributed by atoms with van der Waals surface area (Å²) in [7, 11) is 1.50. The van der Waals surface area contributed by atoms with Crippen molar-refractivity contribution < 1.29 is 14.3 Å². The Bertz CT molecular complexity index is 774. The van der Waals surface area contributed by atoms with Gasteiger partial charge in [-0.05, 0) is 36.4 Å². The Morgan fingerprint density at radius 2 is 1.52 bits per heavy atom. The van der Waals surface area contributed by atoms with Gasteiger partial charge in [0.1, 0.15) is 5.75 Å². The van der Waals surface area contributed by atoms with Crippen molar-refractivity contribution in [3.63, 3.8) is 0 Å². The van der Waals surface area contributed by atoms with Crippen LogP contribution >= 0.6 is 31.9 Å². The zero-order valence-corrected chi connectivity index (χ0v) is 14.1. The van der Waals surface area contributed by atoms with Gasteiger partial charge >= 0.3 is 0 Å². The van der Waals surface area contributed by atoms with E-state index in [0.717, 1.165) is 13.8 Å². The van der Waals surface area contributed by atoms with E-state index in [4.69, 9.17) is 4.74 Å². The number of hydrogen-bond donors (Lipinski definition) is 0. The fraction of sp³-hybridized carbons (Fsp3) is 0.0667. The van der Waals surface area contributed by atoms with Crippen molar-refractivity contribution in [3.8, 4) is 5.75 Å². The minimum absolute atomic E-state index is 0.348. The average molecular weight is 411 g/mol. The third kappa shape index (κ3) is 2.28. The molecule has 0 atom stereocenters. The van der Waals surface area contributed by atoms with Crippen molar-refractivity contribution in [2.45, 2.75) is 0 Å². The summed E-state index contributed by atoms with van der Waals surface area (Å²) in [5, 5.41) is 0. The van der Waals surface area contributed by atoms with Crippen LogP contribution in [0, 0.1) is 0 Å². The van der Waals surface area contributed by atoms with Crippen LogP contribution in [0.3, 0.4) is 0 Å². The number of anilines is 1. The lowest BCUT2D eigenvalue weighted by Crippen LogP contribution is -2.29. The van der Waals surface area contributed by atoms with Crippen LogP contribution in [0.5, 0.6) is 5.75 Å². The molecule has 0 saturated heterocycles. The molecule has 21 heavy (non-hydrogen) atoms. The van der Waals surface area contributed by atoms with Crippen molar-refractivity contribution >= 4 is 49.4 Å². The largest absolute Gasteiger partial charge is 0.495 e. The molecule has 3 rings (SSSR count). The second-order valence-corrected chi connectivity index (χ2v) is 6.28. The third-order valence-corrected chi connectivity index (χ3v) is 4.22. The molecule has 0 aliphatic carbocycles. The smallest absolute Gasteiger partial charge is 0.266 e. The summed E-state index contributed by atoms with van der Waals surface area (Å²) >= 11 is 6.66. The summed E-state index contributed by atoms with van der Waals surface area (Å²) in [5.74, 6) is -0.238. The van der Waals surface area contributed by atoms with E-state index in [1.807, 2.05) is 0 Å². The van der Waals surface area contributed by atoms with E-state index in [9.17, 15) is 9.59 Å². The summed E-state index contributed by atoms with van der Waals surface area (Å²) in [5.41, 5.74) is 1.20. The number of hydrogen-bond acceptors (Lipinski definition) is 3. The summed E-state index contributed by atoms with van der Waals surface area (Å²) in [4.78, 5) is 26.2. The maximum atomic E-state index is 12.6. The van der Waals surface area contributed by atoms with Gasteiger partial charge in [0, 0.05) is 8.95 Å². The van der Waals surface area contributed by atoms with Gasteiger partial charge in [-0.2, -0.15) is 0 Å². The molecule has 106 valence electrons. The van der Waals surface area contributed by atoms with Crippen molar-refractivity contribution in [1.29, 1.82) is 0 Å². The zero-order chi connectivity index (χ0) is 15.1. The van der Waals surface area contributed by atoms with Crippen molar-refractivity contribution in [1.82, 2.24) is 0 Å². The lowest BCUT2D eigenvalue weighted by Gasteiger charge is -2.17. The van der Waals surface area contributed by atoms with Crippen LogP contribution in [0.2, 0.25) is 0 Å². The van der Waals surface area contributed by atoms with Gasteiger partial charge in [-0.15, -0.1) is 0 Å². The predicted octanol–water partition coefficient (Wildman–Crippen LogP) is 4.02. The monoisotopic (exact) mass is 409 g/mol. The molecule has 2 amide bonds. The Labute approximate surface area is 138 Å². The molecule has 0 fully saturated rings. The van der Waals surface area contributed by atoms with E-state index in [0.29, 0.717) is 22.6 Å². The van der Waals surface area contributed by atoms with Crippen molar-refractivity contribution in [2.75, 3.05) is 12.0 Å². The van der Waals surface area contributed by atoms with Gasteiger partial charge in [-0.1, -0.05) is 31.9 Å². The number of carbonyl (C=O) groups excluding carboxylic acids is 2. The normalized spacial score (nSPS) is 13.6. The summed E-state index contributed by atoms with van der Waals surface area (Å²) in [6.45, 7) is 0. The molecule has 4 nitrogen and oxygen atoms in total. The highest BCUT2D eigenvalue weighted by molar-refractivity contribution is 9.10. The second-order valence-electron chi connectivity index (χ2n) is 4.45. The van der Waals surface area contributed by atoms with E-state index in [1.54, 1.807) is 36.4 Å². The van der Waals surface area contributed by atoms with Gasteiger partial charge in [0.2, 0.25) is 0 Å². The Morgan fingerprint density at radius 1 is 0.905 bits per heavy atom. The number of methoxy groups -OCH3 is 1. The molecule has 0 N–H and O–H groups in total. The first-order chi connectivity index (χ1) is 10.0. The first kappa shape index (κ1) is 14.3. The molecule has 1 aliphatic heterocycles. The van der Waals surface area contributed by atoms with Gasteiger partial charge in [-0.3, -0.25) is 9.59 Å². The van der Waals surface area contributed by atoms with Gasteiger partial charge in [-0.25, -0.2) is 4.90 Å². The molecule has 0 bridgehead atoms. The first-order valence-electron chi connectivity index (χ1n) is 6.05. The minimum Gasteiger partial charge on any atom is -0.495 e. The number of imide groups is 1. The topological polar surface area (TPSA) is 46.6 Å². The number of halogens is 2. The Balaban J connectivity index is 2.16. The molecule has 1 heterocycles. The molecular weight excluding hydrogens is 402 g/mol. The number of ether oxygens (including phenoxy) is 1. The fourth-order valence-electron chi connectivity index (χ4n) is 2.27. The molecule has 2 aromatic rings. The highest BCUT2D eigenvalue weighted by Gasteiger charge is 2.38. The fourth-order valence-corrected chi connectivity index (χ4v) is 2.98. The van der Waals surface area contributed by atoms with E-state index in [2.05, 4.69) is 31.9 Å². The molecule has 2 aromatic carbocycles. The van der Waals surface area contributed by atoms with Crippen LogP contribution < -0.4 is 9.64 Å². The van der Waals surface area contributed by atoms with Gasteiger partial charge in [0.25, 0.3) is 11.8 Å². The Morgan fingerprint density at radius 3 is 2.24 bits per heavy atom. The summed E-state index contributed by atoms with van der Waals surface area (Å²) < 4.78 is 6.77. The molecule has 0 radical (unpaired) electrons. The van der Waals surface area contributed by atoms with Crippen LogP contribution in [-0.2, 0) is 0 Å². The van der Waals surface area contributed by atoms with Crippen LogP contribution in [0.4, 0.5) is 5.69 Å². The number of nitrogens with zero attached hydrogens (tertiary/aromatic N) is 1. The quantitative estimate of drug-likeness (QED) is 0.702. The van der Waals surface area contributed by atoms with E-state index in [-0.39, 0.29) is 11.8 Å². The third-order valence-electron chi connectivity index (χ3n) is 3.23. The standard InChI is InChI=1S/C15H9Br2NO3/c1-21-13-5-3-9(17)7-12(13)18-14(19)10-4-2-8(16)6-11(10)15(18)20/h2-7H,1H3. The van der Waals surface area contributed by atoms with Crippen LogP contribution in [-0.4, -0.2) is 18.9 Å². The Hall–Kier alpha value is -1.66. The van der Waals surface area contributed by atoms with E-state index >= 15 is 0 Å². The SMILES string of the molecule is COc1ccc(Br)cc1N1C(=O)c2ccc(Br)cc2C1=O. The lowest BCUT2D eigenvalue weighted by atomic mass is 10.1. The van der Waals surface area contributed by atoms with Gasteiger partial charge in [0.05, 0.1) is 23.9 Å². The predicted molar refractivity (Wildman–Crippen MR) is 86.0 cm³/mol. The molecule has 0 unspecified atom stereocenters. The maximum absolute atomic E-state index is 12.6. The first-order valence-corrected chi connectivity index (χ1v) is 7.63. The number of fused-ring (bicyclic) bond motifs is 1. The average Bonchev–Trinajstić information content (AvgIpc) is 2.70. The van der Waals surface area contributed by atoms with Crippen molar-refractivity contribution in [2.24, 2.45) is 0 Å². The van der Waals surface area contributed by atoms with Crippen LogP contribution in [0.1, 0.15) is 20.7 Å².